The van der Waals surface area contributed by atoms with Crippen molar-refractivity contribution < 1.29 is 0 Å². The van der Waals surface area contributed by atoms with E-state index < -0.39 is 14.1 Å². The number of rotatable bonds is 12. The van der Waals surface area contributed by atoms with Crippen LogP contribution in [0.2, 0.25) is 15.8 Å². The van der Waals surface area contributed by atoms with Crippen LogP contribution in [0.15, 0.2) is 91.0 Å². The van der Waals surface area contributed by atoms with Crippen LogP contribution in [0.3, 0.4) is 0 Å². The van der Waals surface area contributed by atoms with Gasteiger partial charge in [0.05, 0.1) is 0 Å². The summed E-state index contributed by atoms with van der Waals surface area (Å²) in [5.74, 6) is 4.08. The maximum absolute atomic E-state index is 2.51. The van der Waals surface area contributed by atoms with Crippen LogP contribution in [0, 0.1) is 17.8 Å². The highest BCUT2D eigenvalue weighted by Gasteiger charge is 2.30. The molecular weight excluding hydrogens is 423 g/mol. The van der Waals surface area contributed by atoms with Gasteiger partial charge in [-0.1, -0.05) is 148 Å². The molecule has 0 spiro atoms. The lowest BCUT2D eigenvalue weighted by molar-refractivity contribution is 0.490. The molecule has 3 aromatic carbocycles. The zero-order chi connectivity index (χ0) is 24.5. The fourth-order valence-electron chi connectivity index (χ4n) is 5.73. The first kappa shape index (κ1) is 26.8. The maximum Gasteiger partial charge on any atom is 0.262 e. The molecule has 0 fully saturated rings. The molecule has 6 atom stereocenters. The normalized spacial score (nSPS) is 16.8. The first-order chi connectivity index (χ1) is 16.4. The predicted octanol–water partition coefficient (Wildman–Crippen LogP) is 9.80. The van der Waals surface area contributed by atoms with Crippen molar-refractivity contribution in [1.29, 1.82) is 0 Å². The van der Waals surface area contributed by atoms with Crippen LogP contribution in [0.5, 0.6) is 0 Å². The third-order valence-corrected chi connectivity index (χ3v) is 12.9. The molecule has 0 amide bonds. The summed E-state index contributed by atoms with van der Waals surface area (Å²) in [5, 5.41) is 4.31. The summed E-state index contributed by atoms with van der Waals surface area (Å²) in [6.45, 7) is 14.9. The van der Waals surface area contributed by atoms with Gasteiger partial charge in [0.25, 0.3) is 14.1 Å². The van der Waals surface area contributed by atoms with Gasteiger partial charge in [0.2, 0.25) is 0 Å². The van der Waals surface area contributed by atoms with Gasteiger partial charge in [-0.2, -0.15) is 0 Å². The van der Waals surface area contributed by atoms with Crippen LogP contribution >= 0.6 is 0 Å². The zero-order valence-corrected chi connectivity index (χ0v) is 23.5. The summed E-state index contributed by atoms with van der Waals surface area (Å²) in [7, 11) is 0. The van der Waals surface area contributed by atoms with Crippen molar-refractivity contribution in [2.45, 2.75) is 75.1 Å². The molecule has 0 aliphatic carbocycles. The average molecular weight is 469 g/mol. The fourth-order valence-corrected chi connectivity index (χ4v) is 10.7. The summed E-state index contributed by atoms with van der Waals surface area (Å²) in [5.41, 5.74) is 4.50. The molecule has 0 nitrogen and oxygen atoms in total. The molecule has 0 N–H and O–H groups in total. The Hall–Kier alpha value is -1.81. The van der Waals surface area contributed by atoms with Crippen molar-refractivity contribution in [3.8, 4) is 0 Å². The van der Waals surface area contributed by atoms with Crippen molar-refractivity contribution in [1.82, 2.24) is 0 Å². The smallest absolute Gasteiger partial charge is 0.0907 e. The van der Waals surface area contributed by atoms with Crippen LogP contribution in [0.4, 0.5) is 0 Å². The molecule has 180 valence electrons. The zero-order valence-electron chi connectivity index (χ0n) is 22.3. The molecule has 34 heavy (non-hydrogen) atoms. The Morgan fingerprint density at radius 2 is 0.647 bits per heavy atom. The first-order valence-electron chi connectivity index (χ1n) is 13.5. The van der Waals surface area contributed by atoms with Crippen LogP contribution < -0.4 is 0 Å². The second kappa shape index (κ2) is 13.3. The van der Waals surface area contributed by atoms with Crippen molar-refractivity contribution in [2.24, 2.45) is 17.8 Å². The highest BCUT2D eigenvalue weighted by Crippen LogP contribution is 2.37. The van der Waals surface area contributed by atoms with E-state index in [4.69, 9.17) is 0 Å². The lowest BCUT2D eigenvalue weighted by Gasteiger charge is -2.30. The molecule has 0 radical (unpaired) electrons. The Bertz CT molecular complexity index is 809. The number of hydrogen-bond donors (Lipinski definition) is 0. The van der Waals surface area contributed by atoms with Crippen LogP contribution in [-0.2, 0) is 0 Å². The minimum atomic E-state index is -0.946. The molecule has 3 rings (SSSR count). The number of hydrogen-bond acceptors (Lipinski definition) is 0. The predicted molar refractivity (Wildman–Crippen MR) is 152 cm³/mol. The molecule has 0 aliphatic heterocycles. The van der Waals surface area contributed by atoms with Gasteiger partial charge in [-0.3, -0.25) is 0 Å². The summed E-state index contributed by atoms with van der Waals surface area (Å²) in [6.07, 6.45) is 0. The lowest BCUT2D eigenvalue weighted by atomic mass is 9.90. The summed E-state index contributed by atoms with van der Waals surface area (Å²) < 4.78 is 0. The van der Waals surface area contributed by atoms with E-state index in [1.165, 1.54) is 32.5 Å². The van der Waals surface area contributed by atoms with Crippen molar-refractivity contribution in [3.63, 3.8) is 0 Å². The van der Waals surface area contributed by atoms with Gasteiger partial charge in [-0.25, -0.2) is 0 Å². The molecule has 0 aromatic heterocycles. The van der Waals surface area contributed by atoms with E-state index in [9.17, 15) is 0 Å². The van der Waals surface area contributed by atoms with E-state index in [-0.39, 0.29) is 0 Å². The van der Waals surface area contributed by atoms with E-state index in [1.54, 1.807) is 0 Å². The minimum absolute atomic E-state index is 0.625. The second-order valence-corrected chi connectivity index (χ2v) is 14.2. The summed E-state index contributed by atoms with van der Waals surface area (Å²) in [6, 6.07) is 33.5. The fraction of sp³-hybridized carbons (Fsp3) is 0.455. The summed E-state index contributed by atoms with van der Waals surface area (Å²) >= 11 is -0.946. The van der Waals surface area contributed by atoms with Gasteiger partial charge in [0.1, 0.15) is 0 Å². The third kappa shape index (κ3) is 7.60. The quantitative estimate of drug-likeness (QED) is 0.232. The van der Waals surface area contributed by atoms with Gasteiger partial charge in [0.15, 0.2) is 0 Å². The van der Waals surface area contributed by atoms with Gasteiger partial charge in [-0.05, 0) is 52.2 Å². The molecule has 3 aromatic rings. The highest BCUT2D eigenvalue weighted by molar-refractivity contribution is 6.59. The Balaban J connectivity index is 1.73. The van der Waals surface area contributed by atoms with Gasteiger partial charge < -0.3 is 0 Å². The molecular formula is C33H45Al. The molecule has 6 unspecified atom stereocenters. The third-order valence-electron chi connectivity index (χ3n) is 8.65. The molecule has 0 saturated carbocycles. The van der Waals surface area contributed by atoms with E-state index in [0.717, 1.165) is 17.8 Å². The lowest BCUT2D eigenvalue weighted by Crippen LogP contribution is -2.26. The Kier molecular flexibility index (Phi) is 10.5. The SMILES string of the molecule is CC([CH2][Al]([CH2]C(C)C(C)c1ccccc1)[CH2]C(C)C(C)c1ccccc1)C(C)c1ccccc1. The topological polar surface area (TPSA) is 0 Å². The van der Waals surface area contributed by atoms with Crippen LogP contribution in [-0.4, -0.2) is 14.1 Å². The molecule has 1 heteroatoms. The Morgan fingerprint density at radius 3 is 0.882 bits per heavy atom. The van der Waals surface area contributed by atoms with E-state index in [1.807, 2.05) is 0 Å². The largest absolute Gasteiger partial charge is 0.262 e. The van der Waals surface area contributed by atoms with Crippen molar-refractivity contribution >= 4 is 14.1 Å². The number of benzene rings is 3. The highest BCUT2D eigenvalue weighted by atomic mass is 27.2. The maximum atomic E-state index is 2.51. The van der Waals surface area contributed by atoms with Crippen LogP contribution in [0.25, 0.3) is 0 Å². The van der Waals surface area contributed by atoms with E-state index >= 15 is 0 Å². The van der Waals surface area contributed by atoms with Gasteiger partial charge in [-0.15, -0.1) is 0 Å². The van der Waals surface area contributed by atoms with Gasteiger partial charge >= 0.3 is 0 Å². The minimum Gasteiger partial charge on any atom is -0.0907 e. The molecule has 0 heterocycles. The van der Waals surface area contributed by atoms with Gasteiger partial charge in [0, 0.05) is 0 Å². The average Bonchev–Trinajstić information content (AvgIpc) is 2.88. The summed E-state index contributed by atoms with van der Waals surface area (Å²) in [4.78, 5) is 0. The standard InChI is InChI=1S/3C11H15.Al/c3*1-9(2)10(3)11-7-5-4-6-8-11;/h3*4-10H,1H2,2-3H3;. The second-order valence-electron chi connectivity index (χ2n) is 11.1. The molecule has 0 bridgehead atoms. The molecule has 0 saturated heterocycles. The monoisotopic (exact) mass is 468 g/mol. The first-order valence-corrected chi connectivity index (χ1v) is 16.0. The van der Waals surface area contributed by atoms with E-state index in [0.29, 0.717) is 17.8 Å². The van der Waals surface area contributed by atoms with E-state index in [2.05, 4.69) is 133 Å². The van der Waals surface area contributed by atoms with Crippen molar-refractivity contribution in [3.05, 3.63) is 108 Å². The Morgan fingerprint density at radius 1 is 0.412 bits per heavy atom. The Labute approximate surface area is 214 Å². The van der Waals surface area contributed by atoms with Crippen molar-refractivity contribution in [2.75, 3.05) is 0 Å². The van der Waals surface area contributed by atoms with Crippen LogP contribution in [0.1, 0.15) is 76.0 Å². The molecule has 0 aliphatic rings.